The Labute approximate surface area is 138 Å². The Kier molecular flexibility index (Phi) is 9.08. The quantitative estimate of drug-likeness (QED) is 0.760. The van der Waals surface area contributed by atoms with E-state index < -0.39 is 0 Å². The first-order chi connectivity index (χ1) is 10.3. The molecule has 126 valence electrons. The van der Waals surface area contributed by atoms with Crippen LogP contribution in [0.2, 0.25) is 0 Å². The van der Waals surface area contributed by atoms with Crippen LogP contribution in [0.1, 0.15) is 50.7 Å². The molecule has 6 nitrogen and oxygen atoms in total. The van der Waals surface area contributed by atoms with Gasteiger partial charge >= 0.3 is 0 Å². The normalized spacial score (nSPS) is 17.8. The summed E-state index contributed by atoms with van der Waals surface area (Å²) < 4.78 is 5.15. The molecule has 2 heterocycles. The van der Waals surface area contributed by atoms with Gasteiger partial charge in [0.15, 0.2) is 5.82 Å². The molecule has 2 N–H and O–H groups in total. The van der Waals surface area contributed by atoms with Crippen molar-refractivity contribution < 1.29 is 9.32 Å². The fourth-order valence-corrected chi connectivity index (χ4v) is 2.56. The van der Waals surface area contributed by atoms with E-state index in [4.69, 9.17) is 4.52 Å². The molecule has 1 atom stereocenters. The zero-order chi connectivity index (χ0) is 14.9. The number of hydrogen-bond acceptors (Lipinski definition) is 5. The number of nitrogens with zero attached hydrogens (tertiary/aromatic N) is 2. The van der Waals surface area contributed by atoms with Crippen LogP contribution in [0.4, 0.5) is 0 Å². The van der Waals surface area contributed by atoms with Gasteiger partial charge in [0, 0.05) is 25.8 Å². The first-order valence-corrected chi connectivity index (χ1v) is 8.06. The van der Waals surface area contributed by atoms with Crippen molar-refractivity contribution in [1.29, 1.82) is 0 Å². The van der Waals surface area contributed by atoms with Gasteiger partial charge in [0.2, 0.25) is 11.8 Å². The highest BCUT2D eigenvalue weighted by Gasteiger charge is 2.14. The van der Waals surface area contributed by atoms with Crippen LogP contribution in [-0.4, -0.2) is 35.7 Å². The summed E-state index contributed by atoms with van der Waals surface area (Å²) in [5, 5.41) is 10.3. The lowest BCUT2D eigenvalue weighted by molar-refractivity contribution is -0.121. The zero-order valence-corrected chi connectivity index (χ0v) is 14.1. The van der Waals surface area contributed by atoms with Gasteiger partial charge in [-0.25, -0.2) is 0 Å². The Morgan fingerprint density at radius 1 is 1.45 bits per heavy atom. The number of nitrogens with one attached hydrogen (secondary N) is 2. The van der Waals surface area contributed by atoms with E-state index >= 15 is 0 Å². The Morgan fingerprint density at radius 2 is 2.32 bits per heavy atom. The number of aromatic nitrogens is 2. The van der Waals surface area contributed by atoms with Crippen LogP contribution in [0.25, 0.3) is 0 Å². The van der Waals surface area contributed by atoms with E-state index in [-0.39, 0.29) is 18.3 Å². The summed E-state index contributed by atoms with van der Waals surface area (Å²) in [6, 6.07) is 0. The van der Waals surface area contributed by atoms with Crippen molar-refractivity contribution in [2.24, 2.45) is 5.92 Å². The topological polar surface area (TPSA) is 80.0 Å². The van der Waals surface area contributed by atoms with Crippen LogP contribution in [0.5, 0.6) is 0 Å². The van der Waals surface area contributed by atoms with E-state index in [2.05, 4.69) is 27.7 Å². The lowest BCUT2D eigenvalue weighted by Gasteiger charge is -2.22. The molecule has 1 unspecified atom stereocenters. The second kappa shape index (κ2) is 10.6. The van der Waals surface area contributed by atoms with E-state index in [0.29, 0.717) is 24.7 Å². The molecule has 1 aliphatic heterocycles. The fourth-order valence-electron chi connectivity index (χ4n) is 2.56. The van der Waals surface area contributed by atoms with Crippen LogP contribution < -0.4 is 10.6 Å². The van der Waals surface area contributed by atoms with Gasteiger partial charge in [-0.1, -0.05) is 12.1 Å². The number of carbonyl (C=O) groups is 1. The molecule has 0 radical (unpaired) electrons. The van der Waals surface area contributed by atoms with Crippen LogP contribution in [0, 0.1) is 5.92 Å². The minimum atomic E-state index is 0. The molecule has 7 heteroatoms. The summed E-state index contributed by atoms with van der Waals surface area (Å²) in [6.07, 6.45) is 6.22. The molecule has 0 aliphatic carbocycles. The van der Waals surface area contributed by atoms with Gasteiger partial charge in [-0.2, -0.15) is 4.98 Å². The standard InChI is InChI=1S/C15H26N4O2.ClH/c1-2-5-13-18-15(21-19-13)8-3-7-14(20)17-11-12-6-4-9-16-10-12;/h12,16H,2-11H2,1H3,(H,17,20);1H. The van der Waals surface area contributed by atoms with Gasteiger partial charge in [0.1, 0.15) is 0 Å². The van der Waals surface area contributed by atoms with Gasteiger partial charge in [0.25, 0.3) is 0 Å². The molecule has 0 aromatic carbocycles. The summed E-state index contributed by atoms with van der Waals surface area (Å²) in [4.78, 5) is 16.1. The first-order valence-electron chi connectivity index (χ1n) is 8.06. The molecule has 2 rings (SSSR count). The average Bonchev–Trinajstić information content (AvgIpc) is 2.94. The molecule has 1 saturated heterocycles. The maximum atomic E-state index is 11.8. The predicted molar refractivity (Wildman–Crippen MR) is 87.1 cm³/mol. The van der Waals surface area contributed by atoms with Crippen molar-refractivity contribution in [3.05, 3.63) is 11.7 Å². The smallest absolute Gasteiger partial charge is 0.226 e. The van der Waals surface area contributed by atoms with Crippen LogP contribution in [-0.2, 0) is 17.6 Å². The van der Waals surface area contributed by atoms with Gasteiger partial charge in [-0.3, -0.25) is 4.79 Å². The molecule has 0 saturated carbocycles. The van der Waals surface area contributed by atoms with E-state index in [1.165, 1.54) is 12.8 Å². The molecule has 1 fully saturated rings. The highest BCUT2D eigenvalue weighted by Crippen LogP contribution is 2.09. The number of hydrogen-bond donors (Lipinski definition) is 2. The summed E-state index contributed by atoms with van der Waals surface area (Å²) in [7, 11) is 0. The molecule has 1 aromatic rings. The van der Waals surface area contributed by atoms with E-state index in [9.17, 15) is 4.79 Å². The Hall–Kier alpha value is -1.14. The van der Waals surface area contributed by atoms with Crippen LogP contribution in [0.3, 0.4) is 0 Å². The Morgan fingerprint density at radius 3 is 3.05 bits per heavy atom. The molecular formula is C15H27ClN4O2. The second-order valence-electron chi connectivity index (χ2n) is 5.72. The van der Waals surface area contributed by atoms with Gasteiger partial charge in [-0.15, -0.1) is 12.4 Å². The molecule has 1 amide bonds. The Balaban J connectivity index is 0.00000242. The minimum Gasteiger partial charge on any atom is -0.356 e. The summed E-state index contributed by atoms with van der Waals surface area (Å²) in [6.45, 7) is 4.99. The van der Waals surface area contributed by atoms with Crippen LogP contribution >= 0.6 is 12.4 Å². The van der Waals surface area contributed by atoms with Gasteiger partial charge in [0.05, 0.1) is 0 Å². The minimum absolute atomic E-state index is 0. The third-order valence-corrected chi connectivity index (χ3v) is 3.77. The summed E-state index contributed by atoms with van der Waals surface area (Å²) >= 11 is 0. The maximum absolute atomic E-state index is 11.8. The first kappa shape index (κ1) is 18.9. The lowest BCUT2D eigenvalue weighted by atomic mass is 10.00. The Bertz CT molecular complexity index is 433. The number of rotatable bonds is 8. The van der Waals surface area contributed by atoms with Crippen molar-refractivity contribution in [1.82, 2.24) is 20.8 Å². The molecule has 1 aromatic heterocycles. The summed E-state index contributed by atoms with van der Waals surface area (Å²) in [5.74, 6) is 2.11. The average molecular weight is 331 g/mol. The van der Waals surface area contributed by atoms with Crippen molar-refractivity contribution >= 4 is 18.3 Å². The predicted octanol–water partition coefficient (Wildman–Crippen LogP) is 1.88. The molecular weight excluding hydrogens is 304 g/mol. The fraction of sp³-hybridized carbons (Fsp3) is 0.800. The van der Waals surface area contributed by atoms with Gasteiger partial charge in [-0.05, 0) is 44.7 Å². The highest BCUT2D eigenvalue weighted by atomic mass is 35.5. The number of aryl methyl sites for hydroxylation is 2. The largest absolute Gasteiger partial charge is 0.356 e. The third kappa shape index (κ3) is 6.75. The SMILES string of the molecule is CCCc1noc(CCCC(=O)NCC2CCCNC2)n1.Cl. The number of halogens is 1. The van der Waals surface area contributed by atoms with E-state index in [0.717, 1.165) is 44.7 Å². The van der Waals surface area contributed by atoms with Crippen molar-refractivity contribution in [3.63, 3.8) is 0 Å². The molecule has 22 heavy (non-hydrogen) atoms. The van der Waals surface area contributed by atoms with Crippen LogP contribution in [0.15, 0.2) is 4.52 Å². The highest BCUT2D eigenvalue weighted by molar-refractivity contribution is 5.85. The number of carbonyl (C=O) groups excluding carboxylic acids is 1. The maximum Gasteiger partial charge on any atom is 0.226 e. The number of amides is 1. The van der Waals surface area contributed by atoms with Gasteiger partial charge < -0.3 is 15.2 Å². The molecule has 0 spiro atoms. The third-order valence-electron chi connectivity index (χ3n) is 3.77. The monoisotopic (exact) mass is 330 g/mol. The van der Waals surface area contributed by atoms with Crippen molar-refractivity contribution in [2.75, 3.05) is 19.6 Å². The molecule has 0 bridgehead atoms. The lowest BCUT2D eigenvalue weighted by Crippen LogP contribution is -2.38. The zero-order valence-electron chi connectivity index (χ0n) is 13.3. The summed E-state index contributed by atoms with van der Waals surface area (Å²) in [5.41, 5.74) is 0. The van der Waals surface area contributed by atoms with E-state index in [1.54, 1.807) is 0 Å². The molecule has 1 aliphatic rings. The van der Waals surface area contributed by atoms with E-state index in [1.807, 2.05) is 0 Å². The van der Waals surface area contributed by atoms with Crippen molar-refractivity contribution in [2.45, 2.75) is 51.9 Å². The second-order valence-corrected chi connectivity index (χ2v) is 5.72. The van der Waals surface area contributed by atoms with Crippen molar-refractivity contribution in [3.8, 4) is 0 Å². The number of piperidine rings is 1.